The van der Waals surface area contributed by atoms with Crippen LogP contribution in [0.25, 0.3) is 0 Å². The molecule has 0 heterocycles. The minimum atomic E-state index is -1.99. The number of hydrogen-bond acceptors (Lipinski definition) is 8. The first-order valence-corrected chi connectivity index (χ1v) is 6.75. The zero-order valence-electron chi connectivity index (χ0n) is 13.4. The Morgan fingerprint density at radius 1 is 1.25 bits per heavy atom. The van der Waals surface area contributed by atoms with Gasteiger partial charge in [-0.1, -0.05) is 0 Å². The smallest absolute Gasteiger partial charge is 0.269 e. The summed E-state index contributed by atoms with van der Waals surface area (Å²) in [6.07, 6.45) is -5.71. The molecule has 0 radical (unpaired) electrons. The van der Waals surface area contributed by atoms with E-state index in [9.17, 15) is 35.0 Å². The number of carbonyl (C=O) groups is 2. The average Bonchev–Trinajstić information content (AvgIpc) is 2.63. The maximum absolute atomic E-state index is 12.5. The molecule has 0 aliphatic rings. The molecule has 132 valence electrons. The molecule has 0 saturated carbocycles. The Hall–Kier alpha value is -2.40. The summed E-state index contributed by atoms with van der Waals surface area (Å²) in [6.45, 7) is -1.65. The van der Waals surface area contributed by atoms with Gasteiger partial charge >= 0.3 is 0 Å². The van der Waals surface area contributed by atoms with Crippen molar-refractivity contribution < 1.29 is 36.3 Å². The van der Waals surface area contributed by atoms with Crippen molar-refractivity contribution in [1.29, 1.82) is 0 Å². The van der Waals surface area contributed by atoms with Crippen LogP contribution in [0.3, 0.4) is 0 Å². The summed E-state index contributed by atoms with van der Waals surface area (Å²) in [4.78, 5) is 33.8. The third-order valence-electron chi connectivity index (χ3n) is 3.23. The van der Waals surface area contributed by atoms with Crippen molar-refractivity contribution in [1.82, 2.24) is 5.32 Å². The number of aliphatic hydroxyl groups excluding tert-OH is 4. The highest BCUT2D eigenvalue weighted by molar-refractivity contribution is 6.02. The van der Waals surface area contributed by atoms with Gasteiger partial charge in [-0.05, 0) is 12.1 Å². The number of hydrogen-bond donors (Lipinski definition) is 5. The van der Waals surface area contributed by atoms with E-state index < -0.39 is 54.5 Å². The lowest BCUT2D eigenvalue weighted by molar-refractivity contribution is -0.384. The van der Waals surface area contributed by atoms with Gasteiger partial charge in [0.1, 0.15) is 24.4 Å². The van der Waals surface area contributed by atoms with E-state index in [2.05, 4.69) is 0 Å². The second-order valence-corrected chi connectivity index (χ2v) is 4.94. The molecule has 1 amide bonds. The van der Waals surface area contributed by atoms with E-state index in [1.165, 1.54) is 0 Å². The van der Waals surface area contributed by atoms with E-state index in [1.807, 2.05) is 5.32 Å². The van der Waals surface area contributed by atoms with Crippen molar-refractivity contribution in [2.75, 3.05) is 6.61 Å². The molecule has 0 aliphatic carbocycles. The van der Waals surface area contributed by atoms with Gasteiger partial charge in [-0.3, -0.25) is 19.7 Å². The molecular formula is C14H18N2O8. The molecule has 1 aromatic rings. The van der Waals surface area contributed by atoms with E-state index in [-0.39, 0.29) is 11.3 Å². The van der Waals surface area contributed by atoms with Gasteiger partial charge < -0.3 is 25.7 Å². The maximum Gasteiger partial charge on any atom is 0.269 e. The van der Waals surface area contributed by atoms with Crippen LogP contribution in [0.5, 0.6) is 0 Å². The molecule has 10 nitrogen and oxygen atoms in total. The van der Waals surface area contributed by atoms with E-state index in [0.717, 1.165) is 24.3 Å². The number of nitro groups is 1. The Bertz CT molecular complexity index is 624. The molecule has 4 atom stereocenters. The second kappa shape index (κ2) is 8.45. The van der Waals surface area contributed by atoms with Gasteiger partial charge in [0.25, 0.3) is 5.69 Å². The predicted molar refractivity (Wildman–Crippen MR) is 80.1 cm³/mol. The molecule has 10 heteroatoms. The lowest BCUT2D eigenvalue weighted by atomic mass is 9.94. The summed E-state index contributed by atoms with van der Waals surface area (Å²) in [5, 5.41) is 50.7. The van der Waals surface area contributed by atoms with Crippen LogP contribution in [0, 0.1) is 10.1 Å². The molecule has 1 rings (SSSR count). The normalized spacial score (nSPS) is 16.4. The molecule has 0 aliphatic heterocycles. The molecule has 0 bridgehead atoms. The van der Waals surface area contributed by atoms with Gasteiger partial charge in [-0.2, -0.15) is 0 Å². The number of amides is 1. The number of nitro benzene ring substituents is 1. The number of carbonyl (C=O) groups excluding carboxylic acids is 2. The zero-order chi connectivity index (χ0) is 19.1. The summed E-state index contributed by atoms with van der Waals surface area (Å²) in [5.41, 5.74) is -0.384. The largest absolute Gasteiger partial charge is 0.394 e. The quantitative estimate of drug-likeness (QED) is 0.212. The van der Waals surface area contributed by atoms with Crippen LogP contribution in [-0.2, 0) is 4.79 Å². The van der Waals surface area contributed by atoms with Crippen molar-refractivity contribution in [2.45, 2.75) is 31.3 Å². The summed E-state index contributed by atoms with van der Waals surface area (Å²) >= 11 is 0. The molecule has 0 unspecified atom stereocenters. The molecule has 0 aromatic heterocycles. The summed E-state index contributed by atoms with van der Waals surface area (Å²) in [7, 11) is 0. The van der Waals surface area contributed by atoms with Crippen LogP contribution < -0.4 is 5.32 Å². The first kappa shape index (κ1) is 17.9. The minimum absolute atomic E-state index is 0.106. The van der Waals surface area contributed by atoms with Crippen molar-refractivity contribution in [2.24, 2.45) is 0 Å². The van der Waals surface area contributed by atoms with Crippen molar-refractivity contribution in [3.05, 3.63) is 39.9 Å². The molecular weight excluding hydrogens is 324 g/mol. The molecule has 24 heavy (non-hydrogen) atoms. The van der Waals surface area contributed by atoms with Gasteiger partial charge in [0.05, 0.1) is 11.5 Å². The van der Waals surface area contributed by atoms with Gasteiger partial charge in [0.15, 0.2) is 5.78 Å². The predicted octanol–water partition coefficient (Wildman–Crippen LogP) is -1.64. The second-order valence-electron chi connectivity index (χ2n) is 4.94. The van der Waals surface area contributed by atoms with Crippen LogP contribution in [0.1, 0.15) is 18.6 Å². The minimum Gasteiger partial charge on any atom is -0.394 e. The van der Waals surface area contributed by atoms with Crippen LogP contribution in [0.2, 0.25) is 0 Å². The fourth-order valence-electron chi connectivity index (χ4n) is 1.94. The number of nitrogens with one attached hydrogen (secondary N) is 1. The number of aliphatic hydroxyl groups is 4. The van der Waals surface area contributed by atoms with Crippen molar-refractivity contribution in [3.63, 3.8) is 0 Å². The van der Waals surface area contributed by atoms with Crippen molar-refractivity contribution >= 4 is 17.4 Å². The number of nitrogens with zero attached hydrogens (tertiary/aromatic N) is 1. The molecule has 0 fully saturated rings. The Labute approximate surface area is 137 Å². The van der Waals surface area contributed by atoms with Gasteiger partial charge in [-0.15, -0.1) is 0 Å². The number of benzene rings is 1. The van der Waals surface area contributed by atoms with Gasteiger partial charge in [0, 0.05) is 26.0 Å². The first-order valence-electron chi connectivity index (χ1n) is 7.46. The Kier molecular flexibility index (Phi) is 6.32. The third kappa shape index (κ3) is 4.80. The topological polar surface area (TPSA) is 170 Å². The van der Waals surface area contributed by atoms with E-state index in [4.69, 9.17) is 6.48 Å². The Morgan fingerprint density at radius 3 is 2.29 bits per heavy atom. The van der Waals surface area contributed by atoms with Gasteiger partial charge in [-0.25, -0.2) is 0 Å². The van der Waals surface area contributed by atoms with Crippen LogP contribution in [0.15, 0.2) is 24.3 Å². The standard InChI is InChI=1S/C14H18N2O8/c1-7(18)15-11(14(22)13(21)10(19)6-17)12(20)8-2-4-9(5-3-8)16(23)24/h2-5,10-11,13-14,17,19,21-22H,6H2,1H3,(H,15,18)/t10-,11+,13-,14-/m1/s1/i1D. The maximum atomic E-state index is 12.5. The number of ketones is 1. The highest BCUT2D eigenvalue weighted by Crippen LogP contribution is 2.16. The fourth-order valence-corrected chi connectivity index (χ4v) is 1.94. The molecule has 1 aromatic carbocycles. The van der Waals surface area contributed by atoms with Crippen LogP contribution >= 0.6 is 0 Å². The molecule has 0 saturated heterocycles. The SMILES string of the molecule is [2H]CC(=O)N[C@@H](C(=O)c1ccc([N+](=O)[O-])cc1)[C@@H](O)[C@H](O)[C@H](O)CO. The highest BCUT2D eigenvalue weighted by atomic mass is 16.6. The average molecular weight is 343 g/mol. The van der Waals surface area contributed by atoms with Gasteiger partial charge in [0.2, 0.25) is 5.91 Å². The van der Waals surface area contributed by atoms with E-state index >= 15 is 0 Å². The monoisotopic (exact) mass is 343 g/mol. The third-order valence-corrected chi connectivity index (χ3v) is 3.23. The molecule has 5 N–H and O–H groups in total. The van der Waals surface area contributed by atoms with Crippen LogP contribution in [0.4, 0.5) is 5.69 Å². The van der Waals surface area contributed by atoms with E-state index in [1.54, 1.807) is 0 Å². The highest BCUT2D eigenvalue weighted by Gasteiger charge is 2.36. The fraction of sp³-hybridized carbons (Fsp3) is 0.429. The number of Topliss-reactive ketones (excluding diaryl/α,β-unsaturated/α-hetero) is 1. The Morgan fingerprint density at radius 2 is 1.83 bits per heavy atom. The zero-order valence-corrected chi connectivity index (χ0v) is 12.4. The van der Waals surface area contributed by atoms with Crippen LogP contribution in [-0.4, -0.2) is 68.0 Å². The first-order chi connectivity index (χ1) is 11.7. The van der Waals surface area contributed by atoms with Crippen molar-refractivity contribution in [3.8, 4) is 0 Å². The van der Waals surface area contributed by atoms with E-state index in [0.29, 0.717) is 0 Å². The lowest BCUT2D eigenvalue weighted by Gasteiger charge is -2.28. The Balaban J connectivity index is 3.10. The number of non-ortho nitro benzene ring substituents is 1. The number of rotatable bonds is 8. The summed E-state index contributed by atoms with van der Waals surface area (Å²) in [6, 6.07) is 2.56. The summed E-state index contributed by atoms with van der Waals surface area (Å²) in [5.74, 6) is -1.82. The molecule has 0 spiro atoms. The lowest BCUT2D eigenvalue weighted by Crippen LogP contribution is -2.55. The summed E-state index contributed by atoms with van der Waals surface area (Å²) < 4.78 is 6.96.